The predicted octanol–water partition coefficient (Wildman–Crippen LogP) is 1.83. The quantitative estimate of drug-likeness (QED) is 0.608. The average molecular weight is 436 g/mol. The van der Waals surface area contributed by atoms with Crippen molar-refractivity contribution in [2.45, 2.75) is 26.7 Å². The minimum Gasteiger partial charge on any atom is -0.497 e. The Balaban J connectivity index is 1.53. The maximum atomic E-state index is 13.0. The second-order valence-electron chi connectivity index (χ2n) is 7.59. The van der Waals surface area contributed by atoms with Crippen LogP contribution in [0.5, 0.6) is 5.75 Å². The second kappa shape index (κ2) is 8.66. The minimum atomic E-state index is -0.526. The number of aromatic nitrogens is 4. The van der Waals surface area contributed by atoms with Gasteiger partial charge in [0.25, 0.3) is 5.56 Å². The third kappa shape index (κ3) is 4.25. The van der Waals surface area contributed by atoms with Crippen molar-refractivity contribution in [2.75, 3.05) is 23.9 Å². The fourth-order valence-electron chi connectivity index (χ4n) is 3.65. The van der Waals surface area contributed by atoms with E-state index in [4.69, 9.17) is 4.74 Å². The lowest BCUT2D eigenvalue weighted by molar-refractivity contribution is -0.122. The van der Waals surface area contributed by atoms with E-state index < -0.39 is 5.92 Å². The maximum absolute atomic E-state index is 13.0. The molecule has 1 unspecified atom stereocenters. The average Bonchev–Trinajstić information content (AvgIpc) is 3.35. The summed E-state index contributed by atoms with van der Waals surface area (Å²) in [5.74, 6) is 0.338. The monoisotopic (exact) mass is 436 g/mol. The molecule has 2 N–H and O–H groups in total. The van der Waals surface area contributed by atoms with Gasteiger partial charge in [-0.05, 0) is 37.6 Å². The largest absolute Gasteiger partial charge is 0.497 e. The van der Waals surface area contributed by atoms with Gasteiger partial charge in [-0.1, -0.05) is 6.92 Å². The first-order valence-corrected chi connectivity index (χ1v) is 10.3. The van der Waals surface area contributed by atoms with Crippen LogP contribution in [-0.4, -0.2) is 45.2 Å². The molecule has 4 rings (SSSR count). The molecule has 32 heavy (non-hydrogen) atoms. The number of carbonyl (C=O) groups is 2. The Kier molecular flexibility index (Phi) is 5.76. The van der Waals surface area contributed by atoms with E-state index in [9.17, 15) is 14.4 Å². The van der Waals surface area contributed by atoms with Crippen molar-refractivity contribution >= 4 is 23.3 Å². The van der Waals surface area contributed by atoms with Crippen LogP contribution < -0.4 is 20.5 Å². The van der Waals surface area contributed by atoms with E-state index in [-0.39, 0.29) is 36.3 Å². The predicted molar refractivity (Wildman–Crippen MR) is 118 cm³/mol. The number of aryl methyl sites for hydroxylation is 2. The highest BCUT2D eigenvalue weighted by atomic mass is 16.5. The van der Waals surface area contributed by atoms with E-state index in [2.05, 4.69) is 20.4 Å². The van der Waals surface area contributed by atoms with Gasteiger partial charge >= 0.3 is 0 Å². The zero-order valence-corrected chi connectivity index (χ0v) is 18.1. The fourth-order valence-corrected chi connectivity index (χ4v) is 3.65. The summed E-state index contributed by atoms with van der Waals surface area (Å²) >= 11 is 0. The van der Waals surface area contributed by atoms with Gasteiger partial charge in [-0.25, -0.2) is 4.98 Å². The molecule has 1 aliphatic rings. The molecule has 2 amide bonds. The molecule has 1 fully saturated rings. The number of rotatable bonds is 6. The number of anilines is 2. The van der Waals surface area contributed by atoms with Gasteiger partial charge in [0.05, 0.1) is 18.7 Å². The summed E-state index contributed by atoms with van der Waals surface area (Å²) in [5, 5.41) is 7.19. The molecule has 0 spiro atoms. The summed E-state index contributed by atoms with van der Waals surface area (Å²) in [5.41, 5.74) is 1.68. The third-order valence-electron chi connectivity index (χ3n) is 5.31. The topological polar surface area (TPSA) is 122 Å². The van der Waals surface area contributed by atoms with Crippen LogP contribution in [0.1, 0.15) is 24.7 Å². The van der Waals surface area contributed by atoms with Crippen molar-refractivity contribution < 1.29 is 14.3 Å². The van der Waals surface area contributed by atoms with E-state index in [0.717, 1.165) is 0 Å². The van der Waals surface area contributed by atoms with Crippen molar-refractivity contribution in [1.82, 2.24) is 19.7 Å². The van der Waals surface area contributed by atoms with Crippen molar-refractivity contribution in [1.29, 1.82) is 0 Å². The Bertz CT molecular complexity index is 1210. The van der Waals surface area contributed by atoms with Gasteiger partial charge in [-0.3, -0.25) is 19.4 Å². The molecule has 1 atom stereocenters. The van der Waals surface area contributed by atoms with Crippen LogP contribution in [0, 0.1) is 12.8 Å². The molecule has 10 heteroatoms. The first-order valence-electron chi connectivity index (χ1n) is 10.3. The summed E-state index contributed by atoms with van der Waals surface area (Å²) < 4.78 is 6.55. The molecule has 0 radical (unpaired) electrons. The number of aromatic amines is 1. The van der Waals surface area contributed by atoms with Crippen molar-refractivity contribution in [3.8, 4) is 11.7 Å². The lowest BCUT2D eigenvalue weighted by atomic mass is 10.1. The Morgan fingerprint density at radius 1 is 1.25 bits per heavy atom. The fraction of sp³-hybridized carbons (Fsp3) is 0.318. The number of amides is 2. The number of hydrogen-bond acceptors (Lipinski definition) is 6. The highest BCUT2D eigenvalue weighted by Crippen LogP contribution is 2.28. The molecule has 166 valence electrons. The highest BCUT2D eigenvalue weighted by Gasteiger charge is 2.35. The van der Waals surface area contributed by atoms with Gasteiger partial charge in [0, 0.05) is 36.5 Å². The van der Waals surface area contributed by atoms with E-state index in [1.165, 1.54) is 10.7 Å². The van der Waals surface area contributed by atoms with Crippen LogP contribution >= 0.6 is 0 Å². The minimum absolute atomic E-state index is 0.103. The number of nitrogens with one attached hydrogen (secondary N) is 2. The lowest BCUT2D eigenvalue weighted by Gasteiger charge is -2.17. The Labute approximate surface area is 184 Å². The molecule has 3 heterocycles. The number of hydrogen-bond donors (Lipinski definition) is 2. The van der Waals surface area contributed by atoms with Crippen LogP contribution in [-0.2, 0) is 16.0 Å². The molecular weight excluding hydrogens is 412 g/mol. The van der Waals surface area contributed by atoms with Crippen molar-refractivity contribution in [3.05, 3.63) is 58.1 Å². The van der Waals surface area contributed by atoms with Gasteiger partial charge in [0.2, 0.25) is 17.8 Å². The van der Waals surface area contributed by atoms with Gasteiger partial charge < -0.3 is 15.0 Å². The molecule has 3 aromatic rings. The van der Waals surface area contributed by atoms with Crippen molar-refractivity contribution in [3.63, 3.8) is 0 Å². The highest BCUT2D eigenvalue weighted by molar-refractivity contribution is 6.03. The third-order valence-corrected chi connectivity index (χ3v) is 5.31. The second-order valence-corrected chi connectivity index (χ2v) is 7.59. The Hall–Kier alpha value is -3.95. The number of ether oxygens (including phenoxy) is 1. The van der Waals surface area contributed by atoms with Crippen LogP contribution in [0.25, 0.3) is 5.95 Å². The molecule has 1 aliphatic heterocycles. The summed E-state index contributed by atoms with van der Waals surface area (Å²) in [6, 6.07) is 10.2. The molecular formula is C22H24N6O4. The van der Waals surface area contributed by atoms with Crippen molar-refractivity contribution in [2.24, 2.45) is 5.92 Å². The number of carbonyl (C=O) groups excluding carboxylic acids is 2. The van der Waals surface area contributed by atoms with Gasteiger partial charge in [0.15, 0.2) is 0 Å². The number of benzene rings is 1. The van der Waals surface area contributed by atoms with E-state index in [1.54, 1.807) is 49.3 Å². The smallest absolute Gasteiger partial charge is 0.252 e. The number of nitrogens with zero attached hydrogens (tertiary/aromatic N) is 4. The zero-order chi connectivity index (χ0) is 22.8. The van der Waals surface area contributed by atoms with E-state index in [1.807, 2.05) is 6.92 Å². The molecule has 0 bridgehead atoms. The van der Waals surface area contributed by atoms with Crippen LogP contribution in [0.4, 0.5) is 11.5 Å². The first kappa shape index (κ1) is 21.3. The van der Waals surface area contributed by atoms with E-state index in [0.29, 0.717) is 35.1 Å². The molecule has 1 aromatic carbocycles. The van der Waals surface area contributed by atoms with Crippen LogP contribution in [0.15, 0.2) is 41.2 Å². The normalized spacial score (nSPS) is 15.8. The maximum Gasteiger partial charge on any atom is 0.252 e. The first-order chi connectivity index (χ1) is 15.4. The van der Waals surface area contributed by atoms with E-state index >= 15 is 0 Å². The van der Waals surface area contributed by atoms with Gasteiger partial charge in [-0.2, -0.15) is 9.78 Å². The molecule has 10 nitrogen and oxygen atoms in total. The molecule has 2 aromatic heterocycles. The molecule has 0 saturated carbocycles. The Morgan fingerprint density at radius 2 is 2.00 bits per heavy atom. The number of methoxy groups -OCH3 is 1. The number of H-pyrrole nitrogens is 1. The zero-order valence-electron chi connectivity index (χ0n) is 18.1. The summed E-state index contributed by atoms with van der Waals surface area (Å²) in [6.07, 6.45) is 0.690. The van der Waals surface area contributed by atoms with Gasteiger partial charge in [-0.15, -0.1) is 0 Å². The van der Waals surface area contributed by atoms with Crippen LogP contribution in [0.3, 0.4) is 0 Å². The summed E-state index contributed by atoms with van der Waals surface area (Å²) in [7, 11) is 1.58. The van der Waals surface area contributed by atoms with Crippen LogP contribution in [0.2, 0.25) is 0 Å². The molecule has 1 saturated heterocycles. The standard InChI is InChI=1S/C22H24N6O4/c1-4-15-11-19(29)25-22(23-15)28-18(9-13(2)26-28)24-21(31)14-10-20(30)27(12-14)16-5-7-17(32-3)8-6-16/h5-9,11,14H,4,10,12H2,1-3H3,(H,24,31)(H,23,25,29). The van der Waals surface area contributed by atoms with Gasteiger partial charge in [0.1, 0.15) is 11.6 Å². The SMILES string of the molecule is CCc1cc(=O)[nH]c(-n2nc(C)cc2NC(=O)C2CC(=O)N(c3ccc(OC)cc3)C2)n1. The lowest BCUT2D eigenvalue weighted by Crippen LogP contribution is -2.28. The summed E-state index contributed by atoms with van der Waals surface area (Å²) in [4.78, 5) is 46.1. The Morgan fingerprint density at radius 3 is 2.69 bits per heavy atom. The molecule has 0 aliphatic carbocycles. The summed E-state index contributed by atoms with van der Waals surface area (Å²) in [6.45, 7) is 3.94.